The fourth-order valence-electron chi connectivity index (χ4n) is 5.39. The Hall–Kier alpha value is -4.02. The van der Waals surface area contributed by atoms with Crippen molar-refractivity contribution in [2.45, 2.75) is 25.4 Å². The van der Waals surface area contributed by atoms with Crippen molar-refractivity contribution in [2.24, 2.45) is 0 Å². The van der Waals surface area contributed by atoms with Crippen LogP contribution in [0.2, 0.25) is 0 Å². The summed E-state index contributed by atoms with van der Waals surface area (Å²) in [7, 11) is 1.35. The summed E-state index contributed by atoms with van der Waals surface area (Å²) in [4.78, 5) is 26.6. The van der Waals surface area contributed by atoms with Gasteiger partial charge in [-0.15, -0.1) is 0 Å². The van der Waals surface area contributed by atoms with E-state index in [0.717, 1.165) is 68.0 Å². The number of carbonyl (C=O) groups excluding carboxylic acids is 1. The molecule has 0 spiro atoms. The zero-order valence-electron chi connectivity index (χ0n) is 22.1. The molecule has 0 atom stereocenters. The summed E-state index contributed by atoms with van der Waals surface area (Å²) >= 11 is 0. The number of piperidine rings is 1. The lowest BCUT2D eigenvalue weighted by molar-refractivity contribution is 0.122. The standard InChI is InChI=1S/C29H33N7O3/c1-38-29(37)31-23-9-5-8-22(18-23)26-32-27(35-14-16-39-17-15-35)25-19-30-36(28(25)33-26)24-10-12-34(13-11-24)20-21-6-3-2-4-7-21/h2-9,18-19,24H,10-17,20H2,1H3,(H,31,37). The van der Waals surface area contributed by atoms with E-state index in [1.54, 1.807) is 0 Å². The number of ether oxygens (including phenoxy) is 2. The van der Waals surface area contributed by atoms with Gasteiger partial charge in [-0.3, -0.25) is 10.2 Å². The zero-order chi connectivity index (χ0) is 26.6. The van der Waals surface area contributed by atoms with Gasteiger partial charge in [0.2, 0.25) is 0 Å². The molecular formula is C29H33N7O3. The first-order valence-corrected chi connectivity index (χ1v) is 13.5. The first-order valence-electron chi connectivity index (χ1n) is 13.5. The number of nitrogens with one attached hydrogen (secondary N) is 1. The fraction of sp³-hybridized carbons (Fsp3) is 0.379. The number of aromatic nitrogens is 4. The predicted octanol–water partition coefficient (Wildman–Crippen LogP) is 4.35. The molecule has 0 aliphatic carbocycles. The Balaban J connectivity index is 1.31. The smallest absolute Gasteiger partial charge is 0.411 e. The average molecular weight is 528 g/mol. The summed E-state index contributed by atoms with van der Waals surface area (Å²) in [5.74, 6) is 1.47. The Labute approximate surface area is 227 Å². The number of nitrogens with zero attached hydrogens (tertiary/aromatic N) is 6. The molecule has 2 saturated heterocycles. The Morgan fingerprint density at radius 2 is 1.82 bits per heavy atom. The lowest BCUT2D eigenvalue weighted by Gasteiger charge is -2.32. The van der Waals surface area contributed by atoms with Crippen LogP contribution in [0.5, 0.6) is 0 Å². The molecule has 202 valence electrons. The zero-order valence-corrected chi connectivity index (χ0v) is 22.1. The van der Waals surface area contributed by atoms with Crippen molar-refractivity contribution >= 4 is 28.6 Å². The molecule has 2 fully saturated rings. The van der Waals surface area contributed by atoms with E-state index in [2.05, 4.69) is 50.1 Å². The van der Waals surface area contributed by atoms with Crippen molar-refractivity contribution in [3.8, 4) is 11.4 Å². The average Bonchev–Trinajstić information content (AvgIpc) is 3.42. The van der Waals surface area contributed by atoms with Crippen LogP contribution in [-0.2, 0) is 16.0 Å². The number of benzene rings is 2. The topological polar surface area (TPSA) is 97.6 Å². The van der Waals surface area contributed by atoms with E-state index in [0.29, 0.717) is 24.7 Å². The van der Waals surface area contributed by atoms with Crippen molar-refractivity contribution in [3.05, 3.63) is 66.4 Å². The molecule has 2 aliphatic heterocycles. The quantitative estimate of drug-likeness (QED) is 0.395. The Kier molecular flexibility index (Phi) is 7.38. The van der Waals surface area contributed by atoms with E-state index in [1.807, 2.05) is 30.5 Å². The maximum atomic E-state index is 11.8. The second-order valence-electron chi connectivity index (χ2n) is 9.99. The highest BCUT2D eigenvalue weighted by Crippen LogP contribution is 2.32. The summed E-state index contributed by atoms with van der Waals surface area (Å²) in [5.41, 5.74) is 3.62. The fourth-order valence-corrected chi connectivity index (χ4v) is 5.39. The van der Waals surface area contributed by atoms with Gasteiger partial charge in [-0.2, -0.15) is 5.10 Å². The van der Waals surface area contributed by atoms with Gasteiger partial charge < -0.3 is 14.4 Å². The number of rotatable bonds is 6. The molecule has 2 aliphatic rings. The Morgan fingerprint density at radius 1 is 1.03 bits per heavy atom. The van der Waals surface area contributed by atoms with Crippen LogP contribution in [0.1, 0.15) is 24.4 Å². The van der Waals surface area contributed by atoms with Gasteiger partial charge in [0.1, 0.15) is 5.82 Å². The van der Waals surface area contributed by atoms with Crippen LogP contribution in [0.15, 0.2) is 60.8 Å². The normalized spacial score (nSPS) is 16.9. The number of morpholine rings is 1. The van der Waals surface area contributed by atoms with Crippen LogP contribution in [-0.4, -0.2) is 77.2 Å². The molecule has 4 heterocycles. The van der Waals surface area contributed by atoms with Crippen LogP contribution in [0.25, 0.3) is 22.4 Å². The van der Waals surface area contributed by atoms with Gasteiger partial charge in [-0.1, -0.05) is 42.5 Å². The number of hydrogen-bond acceptors (Lipinski definition) is 8. The number of methoxy groups -OCH3 is 1. The lowest BCUT2D eigenvalue weighted by atomic mass is 10.0. The van der Waals surface area contributed by atoms with E-state index in [9.17, 15) is 4.79 Å². The monoisotopic (exact) mass is 527 g/mol. The van der Waals surface area contributed by atoms with Crippen LogP contribution < -0.4 is 10.2 Å². The molecule has 0 bridgehead atoms. The molecule has 39 heavy (non-hydrogen) atoms. The third kappa shape index (κ3) is 5.57. The van der Waals surface area contributed by atoms with Gasteiger partial charge in [0.25, 0.3) is 0 Å². The van der Waals surface area contributed by atoms with Gasteiger partial charge in [0.15, 0.2) is 11.5 Å². The molecular weight excluding hydrogens is 494 g/mol. The van der Waals surface area contributed by atoms with Gasteiger partial charge >= 0.3 is 6.09 Å². The minimum atomic E-state index is -0.519. The van der Waals surface area contributed by atoms with Crippen molar-refractivity contribution in [2.75, 3.05) is 56.7 Å². The molecule has 1 amide bonds. The van der Waals surface area contributed by atoms with Gasteiger partial charge in [0.05, 0.1) is 37.9 Å². The van der Waals surface area contributed by atoms with E-state index in [1.165, 1.54) is 12.7 Å². The van der Waals surface area contributed by atoms with Crippen LogP contribution in [0.3, 0.4) is 0 Å². The van der Waals surface area contributed by atoms with Crippen LogP contribution >= 0.6 is 0 Å². The summed E-state index contributed by atoms with van der Waals surface area (Å²) in [5, 5.41) is 8.54. The van der Waals surface area contributed by atoms with Gasteiger partial charge in [-0.25, -0.2) is 19.4 Å². The summed E-state index contributed by atoms with van der Waals surface area (Å²) < 4.78 is 12.5. The third-order valence-electron chi connectivity index (χ3n) is 7.45. The number of fused-ring (bicyclic) bond motifs is 1. The van der Waals surface area contributed by atoms with E-state index in [-0.39, 0.29) is 6.04 Å². The van der Waals surface area contributed by atoms with Crippen LogP contribution in [0.4, 0.5) is 16.3 Å². The minimum Gasteiger partial charge on any atom is -0.453 e. The second kappa shape index (κ2) is 11.4. The summed E-state index contributed by atoms with van der Waals surface area (Å²) in [6.45, 7) is 5.83. The second-order valence-corrected chi connectivity index (χ2v) is 9.99. The van der Waals surface area contributed by atoms with Crippen molar-refractivity contribution in [1.82, 2.24) is 24.6 Å². The molecule has 6 rings (SSSR count). The highest BCUT2D eigenvalue weighted by atomic mass is 16.5. The largest absolute Gasteiger partial charge is 0.453 e. The summed E-state index contributed by atoms with van der Waals surface area (Å²) in [6, 6.07) is 18.4. The third-order valence-corrected chi connectivity index (χ3v) is 7.45. The SMILES string of the molecule is COC(=O)Nc1cccc(-c2nc(N3CCOCC3)c3cnn(C4CCN(Cc5ccccc5)CC4)c3n2)c1. The lowest BCUT2D eigenvalue weighted by Crippen LogP contribution is -2.37. The van der Waals surface area contributed by atoms with Crippen molar-refractivity contribution in [1.29, 1.82) is 0 Å². The molecule has 0 unspecified atom stereocenters. The van der Waals surface area contributed by atoms with E-state index < -0.39 is 6.09 Å². The molecule has 2 aromatic heterocycles. The molecule has 1 N–H and O–H groups in total. The number of likely N-dealkylation sites (tertiary alicyclic amines) is 1. The molecule has 0 saturated carbocycles. The minimum absolute atomic E-state index is 0.266. The Morgan fingerprint density at radius 3 is 2.59 bits per heavy atom. The molecule has 0 radical (unpaired) electrons. The first kappa shape index (κ1) is 25.3. The van der Waals surface area contributed by atoms with Gasteiger partial charge in [0, 0.05) is 44.0 Å². The molecule has 4 aromatic rings. The molecule has 2 aromatic carbocycles. The number of amides is 1. The first-order chi connectivity index (χ1) is 19.2. The summed E-state index contributed by atoms with van der Waals surface area (Å²) in [6.07, 6.45) is 3.41. The highest BCUT2D eigenvalue weighted by Gasteiger charge is 2.26. The van der Waals surface area contributed by atoms with Crippen LogP contribution in [0, 0.1) is 0 Å². The number of hydrogen-bond donors (Lipinski definition) is 1. The highest BCUT2D eigenvalue weighted by molar-refractivity contribution is 5.90. The van der Waals surface area contributed by atoms with E-state index >= 15 is 0 Å². The maximum absolute atomic E-state index is 11.8. The predicted molar refractivity (Wildman–Crippen MR) is 150 cm³/mol. The number of carbonyl (C=O) groups is 1. The Bertz CT molecular complexity index is 1430. The van der Waals surface area contributed by atoms with Crippen molar-refractivity contribution in [3.63, 3.8) is 0 Å². The maximum Gasteiger partial charge on any atom is 0.411 e. The number of anilines is 2. The van der Waals surface area contributed by atoms with Gasteiger partial charge in [-0.05, 0) is 30.5 Å². The van der Waals surface area contributed by atoms with E-state index in [4.69, 9.17) is 24.5 Å². The molecule has 10 nitrogen and oxygen atoms in total. The molecule has 10 heteroatoms. The van der Waals surface area contributed by atoms with Crippen molar-refractivity contribution < 1.29 is 14.3 Å².